The molecule has 0 amide bonds. The van der Waals surface area contributed by atoms with Gasteiger partial charge < -0.3 is 5.32 Å². The summed E-state index contributed by atoms with van der Waals surface area (Å²) in [5.41, 5.74) is 2.43. The van der Waals surface area contributed by atoms with Crippen molar-refractivity contribution in [1.29, 1.82) is 0 Å². The third-order valence-corrected chi connectivity index (χ3v) is 3.15. The van der Waals surface area contributed by atoms with Gasteiger partial charge in [0.1, 0.15) is 5.82 Å². The number of hydrogen-bond donors (Lipinski definition) is 3. The van der Waals surface area contributed by atoms with E-state index in [9.17, 15) is 0 Å². The van der Waals surface area contributed by atoms with Crippen LogP contribution in [-0.2, 0) is 0 Å². The number of rotatable bonds is 4. The SMILES string of the molecule is CC(Nc1nc(NN)ncc1Br)C1CC1. The molecule has 6 heteroatoms. The van der Waals surface area contributed by atoms with Crippen molar-refractivity contribution in [2.75, 3.05) is 10.7 Å². The van der Waals surface area contributed by atoms with Crippen molar-refractivity contribution in [3.8, 4) is 0 Å². The number of hydrogen-bond acceptors (Lipinski definition) is 5. The van der Waals surface area contributed by atoms with E-state index in [1.54, 1.807) is 6.20 Å². The molecule has 0 saturated heterocycles. The van der Waals surface area contributed by atoms with E-state index in [0.29, 0.717) is 12.0 Å². The Morgan fingerprint density at radius 3 is 2.93 bits per heavy atom. The lowest BCUT2D eigenvalue weighted by molar-refractivity contribution is 0.689. The molecule has 1 aliphatic rings. The summed E-state index contributed by atoms with van der Waals surface area (Å²) in [5, 5.41) is 3.35. The Kier molecular flexibility index (Phi) is 3.06. The van der Waals surface area contributed by atoms with Gasteiger partial charge in [0.05, 0.1) is 4.47 Å². The highest BCUT2D eigenvalue weighted by Crippen LogP contribution is 2.34. The van der Waals surface area contributed by atoms with Crippen molar-refractivity contribution >= 4 is 27.7 Å². The minimum Gasteiger partial charge on any atom is -0.366 e. The quantitative estimate of drug-likeness (QED) is 0.575. The molecule has 1 atom stereocenters. The zero-order valence-corrected chi connectivity index (χ0v) is 10.1. The predicted molar refractivity (Wildman–Crippen MR) is 63.4 cm³/mol. The largest absolute Gasteiger partial charge is 0.366 e. The van der Waals surface area contributed by atoms with Gasteiger partial charge in [0.15, 0.2) is 0 Å². The Balaban J connectivity index is 2.11. The van der Waals surface area contributed by atoms with Crippen LogP contribution in [0.15, 0.2) is 10.7 Å². The molecule has 0 spiro atoms. The molecule has 1 aromatic heterocycles. The van der Waals surface area contributed by atoms with Crippen LogP contribution in [0, 0.1) is 5.92 Å². The molecule has 15 heavy (non-hydrogen) atoms. The van der Waals surface area contributed by atoms with Crippen LogP contribution in [0.3, 0.4) is 0 Å². The summed E-state index contributed by atoms with van der Waals surface area (Å²) >= 11 is 3.40. The summed E-state index contributed by atoms with van der Waals surface area (Å²) in [6.07, 6.45) is 4.29. The van der Waals surface area contributed by atoms with Crippen molar-refractivity contribution in [2.24, 2.45) is 11.8 Å². The Morgan fingerprint density at radius 1 is 1.60 bits per heavy atom. The van der Waals surface area contributed by atoms with Gasteiger partial charge in [-0.05, 0) is 41.6 Å². The first-order valence-electron chi connectivity index (χ1n) is 4.96. The lowest BCUT2D eigenvalue weighted by Crippen LogP contribution is -2.19. The Hall–Kier alpha value is -0.880. The number of hydrazine groups is 1. The highest BCUT2D eigenvalue weighted by Gasteiger charge is 2.28. The monoisotopic (exact) mass is 271 g/mol. The standard InChI is InChI=1S/C9H14BrN5/c1-5(6-2-3-6)13-8-7(10)4-12-9(14-8)15-11/h4-6H,2-3,11H2,1H3,(H2,12,13,14,15). The Labute approximate surface area is 97.0 Å². The van der Waals surface area contributed by atoms with Crippen LogP contribution in [0.1, 0.15) is 19.8 Å². The van der Waals surface area contributed by atoms with Crippen LogP contribution in [0.4, 0.5) is 11.8 Å². The van der Waals surface area contributed by atoms with E-state index in [1.165, 1.54) is 12.8 Å². The van der Waals surface area contributed by atoms with Gasteiger partial charge in [0, 0.05) is 12.2 Å². The van der Waals surface area contributed by atoms with Crippen LogP contribution in [0.2, 0.25) is 0 Å². The topological polar surface area (TPSA) is 75.9 Å². The maximum absolute atomic E-state index is 5.25. The molecule has 82 valence electrons. The molecule has 1 fully saturated rings. The second-order valence-electron chi connectivity index (χ2n) is 3.80. The molecule has 0 radical (unpaired) electrons. The van der Waals surface area contributed by atoms with E-state index in [2.05, 4.69) is 43.6 Å². The number of halogens is 1. The highest BCUT2D eigenvalue weighted by molar-refractivity contribution is 9.10. The number of nitrogens with zero attached hydrogens (tertiary/aromatic N) is 2. The number of nitrogens with one attached hydrogen (secondary N) is 2. The van der Waals surface area contributed by atoms with Gasteiger partial charge >= 0.3 is 0 Å². The first kappa shape index (κ1) is 10.6. The summed E-state index contributed by atoms with van der Waals surface area (Å²) in [7, 11) is 0. The maximum atomic E-state index is 5.25. The van der Waals surface area contributed by atoms with Crippen LogP contribution < -0.4 is 16.6 Å². The fraction of sp³-hybridized carbons (Fsp3) is 0.556. The van der Waals surface area contributed by atoms with Gasteiger partial charge in [-0.2, -0.15) is 4.98 Å². The predicted octanol–water partition coefficient (Wildman–Crippen LogP) is 1.74. The molecule has 1 aromatic rings. The molecule has 2 rings (SSSR count). The second-order valence-corrected chi connectivity index (χ2v) is 4.66. The van der Waals surface area contributed by atoms with E-state index in [0.717, 1.165) is 16.2 Å². The lowest BCUT2D eigenvalue weighted by atomic mass is 10.2. The Bertz CT molecular complexity index is 352. The van der Waals surface area contributed by atoms with Crippen LogP contribution in [-0.4, -0.2) is 16.0 Å². The molecule has 1 unspecified atom stereocenters. The van der Waals surface area contributed by atoms with Gasteiger partial charge in [-0.15, -0.1) is 0 Å². The van der Waals surface area contributed by atoms with E-state index in [1.807, 2.05) is 0 Å². The minimum absolute atomic E-state index is 0.420. The van der Waals surface area contributed by atoms with Crippen LogP contribution in [0.5, 0.6) is 0 Å². The van der Waals surface area contributed by atoms with Crippen molar-refractivity contribution in [2.45, 2.75) is 25.8 Å². The van der Waals surface area contributed by atoms with Gasteiger partial charge in [0.25, 0.3) is 0 Å². The summed E-state index contributed by atoms with van der Waals surface area (Å²) in [4.78, 5) is 8.23. The molecule has 5 nitrogen and oxygen atoms in total. The second kappa shape index (κ2) is 4.32. The van der Waals surface area contributed by atoms with Crippen molar-refractivity contribution in [1.82, 2.24) is 9.97 Å². The molecule has 0 bridgehead atoms. The van der Waals surface area contributed by atoms with Crippen molar-refractivity contribution in [3.05, 3.63) is 10.7 Å². The summed E-state index contributed by atoms with van der Waals surface area (Å²) < 4.78 is 0.856. The summed E-state index contributed by atoms with van der Waals surface area (Å²) in [6.45, 7) is 2.17. The van der Waals surface area contributed by atoms with Crippen molar-refractivity contribution in [3.63, 3.8) is 0 Å². The normalized spacial score (nSPS) is 17.3. The van der Waals surface area contributed by atoms with Gasteiger partial charge in [-0.1, -0.05) is 0 Å². The van der Waals surface area contributed by atoms with E-state index < -0.39 is 0 Å². The molecular weight excluding hydrogens is 258 g/mol. The average Bonchev–Trinajstić information content (AvgIpc) is 3.04. The van der Waals surface area contributed by atoms with Crippen LogP contribution in [0.25, 0.3) is 0 Å². The number of nitrogen functional groups attached to an aromatic ring is 1. The van der Waals surface area contributed by atoms with E-state index in [-0.39, 0.29) is 0 Å². The van der Waals surface area contributed by atoms with Gasteiger partial charge in [0.2, 0.25) is 5.95 Å². The fourth-order valence-corrected chi connectivity index (χ4v) is 1.77. The third kappa shape index (κ3) is 2.57. The molecular formula is C9H14BrN5. The Morgan fingerprint density at radius 2 is 2.33 bits per heavy atom. The zero-order valence-electron chi connectivity index (χ0n) is 8.50. The fourth-order valence-electron chi connectivity index (χ4n) is 1.47. The smallest absolute Gasteiger partial charge is 0.239 e. The summed E-state index contributed by atoms with van der Waals surface area (Å²) in [6, 6.07) is 0.446. The minimum atomic E-state index is 0.420. The number of nitrogens with two attached hydrogens (primary N) is 1. The molecule has 0 aliphatic heterocycles. The molecule has 4 N–H and O–H groups in total. The maximum Gasteiger partial charge on any atom is 0.239 e. The number of anilines is 2. The highest BCUT2D eigenvalue weighted by atomic mass is 79.9. The first-order chi connectivity index (χ1) is 7.20. The van der Waals surface area contributed by atoms with Crippen molar-refractivity contribution < 1.29 is 0 Å². The third-order valence-electron chi connectivity index (χ3n) is 2.57. The zero-order chi connectivity index (χ0) is 10.8. The molecule has 0 aromatic carbocycles. The van der Waals surface area contributed by atoms with Gasteiger partial charge in [-0.25, -0.2) is 10.8 Å². The van der Waals surface area contributed by atoms with Gasteiger partial charge in [-0.3, -0.25) is 5.43 Å². The molecule has 1 aliphatic carbocycles. The molecule has 1 heterocycles. The average molecular weight is 272 g/mol. The van der Waals surface area contributed by atoms with Crippen LogP contribution >= 0.6 is 15.9 Å². The summed E-state index contributed by atoms with van der Waals surface area (Å²) in [5.74, 6) is 7.24. The van der Waals surface area contributed by atoms with E-state index in [4.69, 9.17) is 5.84 Å². The van der Waals surface area contributed by atoms with E-state index >= 15 is 0 Å². The first-order valence-corrected chi connectivity index (χ1v) is 5.75. The lowest BCUT2D eigenvalue weighted by Gasteiger charge is -2.14. The number of aromatic nitrogens is 2. The molecule has 1 saturated carbocycles.